The summed E-state index contributed by atoms with van der Waals surface area (Å²) in [6, 6.07) is 23.2. The highest BCUT2D eigenvalue weighted by Gasteiger charge is 2.15. The number of nitrogens with one attached hydrogen (secondary N) is 5. The van der Waals surface area contributed by atoms with E-state index in [1.807, 2.05) is 61.5 Å². The largest absolute Gasteiger partial charge is 0.457 e. The van der Waals surface area contributed by atoms with E-state index in [-0.39, 0.29) is 18.3 Å². The van der Waals surface area contributed by atoms with Gasteiger partial charge in [0, 0.05) is 36.1 Å². The van der Waals surface area contributed by atoms with Gasteiger partial charge in [-0.15, -0.1) is 0 Å². The van der Waals surface area contributed by atoms with Crippen LogP contribution in [-0.4, -0.2) is 46.3 Å². The Kier molecular flexibility index (Phi) is 10.1. The van der Waals surface area contributed by atoms with Crippen LogP contribution in [0.2, 0.25) is 0 Å². The first-order chi connectivity index (χ1) is 22.3. The summed E-state index contributed by atoms with van der Waals surface area (Å²) >= 11 is 0. The summed E-state index contributed by atoms with van der Waals surface area (Å²) in [6.07, 6.45) is 4.37. The van der Waals surface area contributed by atoms with Crippen LogP contribution < -0.4 is 31.3 Å². The zero-order valence-electron chi connectivity index (χ0n) is 25.9. The second-order valence-electron chi connectivity index (χ2n) is 10.6. The van der Waals surface area contributed by atoms with Crippen molar-refractivity contribution in [3.05, 3.63) is 96.3 Å². The van der Waals surface area contributed by atoms with Crippen LogP contribution >= 0.6 is 0 Å². The quantitative estimate of drug-likeness (QED) is 0.116. The Hall–Kier alpha value is -5.91. The molecule has 0 aliphatic heterocycles. The summed E-state index contributed by atoms with van der Waals surface area (Å²) in [5, 5.41) is 19.7. The Morgan fingerprint density at radius 1 is 0.870 bits per heavy atom. The molecule has 0 aliphatic rings. The van der Waals surface area contributed by atoms with Crippen LogP contribution in [0.15, 0.2) is 85.1 Å². The van der Waals surface area contributed by atoms with Gasteiger partial charge in [-0.05, 0) is 50.1 Å². The zero-order valence-corrected chi connectivity index (χ0v) is 25.9. The fraction of sp³-hybridized carbons (Fsp3) is 0.206. The molecule has 0 radical (unpaired) electrons. The molecule has 0 atom stereocenters. The lowest BCUT2D eigenvalue weighted by Crippen LogP contribution is -2.37. The van der Waals surface area contributed by atoms with Crippen molar-refractivity contribution >= 4 is 46.1 Å². The maximum atomic E-state index is 13.3. The minimum Gasteiger partial charge on any atom is -0.457 e. The van der Waals surface area contributed by atoms with Crippen LogP contribution in [0.5, 0.6) is 11.5 Å². The number of fused-ring (bicyclic) bond motifs is 1. The number of rotatable bonds is 11. The van der Waals surface area contributed by atoms with Crippen molar-refractivity contribution in [2.75, 3.05) is 29.5 Å². The summed E-state index contributed by atoms with van der Waals surface area (Å²) in [4.78, 5) is 41.0. The number of benzene rings is 3. The van der Waals surface area contributed by atoms with Gasteiger partial charge in [0.05, 0.1) is 23.6 Å². The number of anilines is 3. The zero-order chi connectivity index (χ0) is 32.5. The van der Waals surface area contributed by atoms with E-state index < -0.39 is 12.1 Å². The SMILES string of the molecule is CCCCc1cc(NC(=O)Nc2ccc(Oc3ccnc(NC(=O)NCC(=O)NC)c3)c3ccccc23)n(-c2ccc(C)cc2)n1. The maximum absolute atomic E-state index is 13.3. The molecular formula is C34H36N8O4. The number of aryl methyl sites for hydroxylation is 2. The van der Waals surface area contributed by atoms with E-state index in [4.69, 9.17) is 9.84 Å². The van der Waals surface area contributed by atoms with Crippen LogP contribution in [0.25, 0.3) is 16.5 Å². The Balaban J connectivity index is 1.32. The number of ether oxygens (including phenoxy) is 1. The summed E-state index contributed by atoms with van der Waals surface area (Å²) in [5.74, 6) is 1.46. The van der Waals surface area contributed by atoms with Gasteiger partial charge < -0.3 is 20.7 Å². The summed E-state index contributed by atoms with van der Waals surface area (Å²) in [6.45, 7) is 3.99. The molecule has 2 heterocycles. The molecule has 3 aromatic carbocycles. The minimum atomic E-state index is -0.577. The lowest BCUT2D eigenvalue weighted by Gasteiger charge is -2.15. The molecular weight excluding hydrogens is 584 g/mol. The number of urea groups is 2. The molecule has 5 N–H and O–H groups in total. The fourth-order valence-electron chi connectivity index (χ4n) is 4.70. The topological polar surface area (TPSA) is 151 Å². The molecule has 0 aliphatic carbocycles. The molecule has 12 heteroatoms. The molecule has 2 aromatic heterocycles. The number of likely N-dealkylation sites (N-methyl/N-ethyl adjacent to an activating group) is 1. The Morgan fingerprint density at radius 3 is 2.41 bits per heavy atom. The van der Waals surface area contributed by atoms with Gasteiger partial charge in [0.15, 0.2) is 0 Å². The first-order valence-electron chi connectivity index (χ1n) is 15.0. The fourth-order valence-corrected chi connectivity index (χ4v) is 4.70. The number of hydrogen-bond acceptors (Lipinski definition) is 6. The molecule has 46 heavy (non-hydrogen) atoms. The van der Waals surface area contributed by atoms with Crippen molar-refractivity contribution in [2.45, 2.75) is 33.1 Å². The molecule has 5 rings (SSSR count). The number of unbranched alkanes of at least 4 members (excludes halogenated alkanes) is 1. The average Bonchev–Trinajstić information content (AvgIpc) is 3.46. The number of pyridine rings is 1. The Morgan fingerprint density at radius 2 is 1.65 bits per heavy atom. The van der Waals surface area contributed by atoms with Gasteiger partial charge in [0.25, 0.3) is 0 Å². The molecule has 0 unspecified atom stereocenters. The van der Waals surface area contributed by atoms with Gasteiger partial charge in [0.2, 0.25) is 5.91 Å². The smallest absolute Gasteiger partial charge is 0.324 e. The van der Waals surface area contributed by atoms with Crippen LogP contribution in [0.4, 0.5) is 26.9 Å². The van der Waals surface area contributed by atoms with Crippen molar-refractivity contribution in [3.8, 4) is 17.2 Å². The van der Waals surface area contributed by atoms with Gasteiger partial charge in [-0.2, -0.15) is 5.10 Å². The third-order valence-corrected chi connectivity index (χ3v) is 7.09. The van der Waals surface area contributed by atoms with Gasteiger partial charge >= 0.3 is 12.1 Å². The van der Waals surface area contributed by atoms with Crippen molar-refractivity contribution in [1.29, 1.82) is 0 Å². The number of carbonyl (C=O) groups excluding carboxylic acids is 3. The second kappa shape index (κ2) is 14.7. The number of amides is 5. The monoisotopic (exact) mass is 620 g/mol. The Bertz CT molecular complexity index is 1850. The standard InChI is InChI=1S/C34H36N8O4/c1-4-5-8-23-19-31(42(41-23)24-13-11-22(2)12-14-24)40-34(45)38-28-15-16-29(27-10-7-6-9-26(27)28)46-25-17-18-36-30(20-25)39-33(44)37-21-32(43)35-3/h6-7,9-20H,4-5,8,21H2,1-3H3,(H,35,43)(H2,38,40,45)(H2,36,37,39,44). The number of nitrogens with zero attached hydrogens (tertiary/aromatic N) is 3. The highest BCUT2D eigenvalue weighted by Crippen LogP contribution is 2.35. The average molecular weight is 621 g/mol. The molecule has 12 nitrogen and oxygen atoms in total. The molecule has 5 aromatic rings. The number of hydrogen-bond donors (Lipinski definition) is 5. The van der Waals surface area contributed by atoms with E-state index >= 15 is 0 Å². The van der Waals surface area contributed by atoms with Gasteiger partial charge in [-0.3, -0.25) is 15.4 Å². The summed E-state index contributed by atoms with van der Waals surface area (Å²) in [7, 11) is 1.48. The number of aromatic nitrogens is 3. The molecule has 0 bridgehead atoms. The predicted molar refractivity (Wildman–Crippen MR) is 179 cm³/mol. The molecule has 0 saturated heterocycles. The first kappa shape index (κ1) is 31.5. The van der Waals surface area contributed by atoms with E-state index in [0.717, 1.165) is 47.0 Å². The normalized spacial score (nSPS) is 10.7. The molecule has 5 amide bonds. The lowest BCUT2D eigenvalue weighted by atomic mass is 10.1. The molecule has 0 saturated carbocycles. The van der Waals surface area contributed by atoms with Gasteiger partial charge in [-0.25, -0.2) is 19.3 Å². The maximum Gasteiger partial charge on any atom is 0.324 e. The predicted octanol–water partition coefficient (Wildman–Crippen LogP) is 6.38. The van der Waals surface area contributed by atoms with Gasteiger partial charge in [-0.1, -0.05) is 55.3 Å². The number of carbonyl (C=O) groups is 3. The van der Waals surface area contributed by atoms with E-state index in [0.29, 0.717) is 23.0 Å². The highest BCUT2D eigenvalue weighted by atomic mass is 16.5. The van der Waals surface area contributed by atoms with Crippen LogP contribution in [0.3, 0.4) is 0 Å². The van der Waals surface area contributed by atoms with Crippen molar-refractivity contribution in [1.82, 2.24) is 25.4 Å². The van der Waals surface area contributed by atoms with Crippen LogP contribution in [0.1, 0.15) is 31.0 Å². The first-order valence-corrected chi connectivity index (χ1v) is 15.0. The van der Waals surface area contributed by atoms with Crippen molar-refractivity contribution in [3.63, 3.8) is 0 Å². The third-order valence-electron chi connectivity index (χ3n) is 7.09. The highest BCUT2D eigenvalue weighted by molar-refractivity contribution is 6.07. The summed E-state index contributed by atoms with van der Waals surface area (Å²) < 4.78 is 7.93. The molecule has 0 spiro atoms. The van der Waals surface area contributed by atoms with Crippen molar-refractivity contribution in [2.24, 2.45) is 0 Å². The van der Waals surface area contributed by atoms with Crippen LogP contribution in [0, 0.1) is 6.92 Å². The van der Waals surface area contributed by atoms with Crippen LogP contribution in [-0.2, 0) is 11.2 Å². The summed E-state index contributed by atoms with van der Waals surface area (Å²) in [5.41, 5.74) is 3.49. The van der Waals surface area contributed by atoms with Crippen molar-refractivity contribution < 1.29 is 19.1 Å². The van der Waals surface area contributed by atoms with E-state index in [9.17, 15) is 14.4 Å². The minimum absolute atomic E-state index is 0.167. The van der Waals surface area contributed by atoms with E-state index in [2.05, 4.69) is 38.5 Å². The second-order valence-corrected chi connectivity index (χ2v) is 10.6. The third kappa shape index (κ3) is 7.97. The van der Waals surface area contributed by atoms with E-state index in [1.54, 1.807) is 28.9 Å². The molecule has 236 valence electrons. The van der Waals surface area contributed by atoms with E-state index in [1.165, 1.54) is 13.2 Å². The van der Waals surface area contributed by atoms with Gasteiger partial charge in [0.1, 0.15) is 23.1 Å². The molecule has 0 fully saturated rings. The Labute approximate surface area is 266 Å². The lowest BCUT2D eigenvalue weighted by molar-refractivity contribution is -0.119.